The lowest BCUT2D eigenvalue weighted by molar-refractivity contribution is -0.00288. The monoisotopic (exact) mass is 236 g/mol. The molecule has 1 aliphatic rings. The van der Waals surface area contributed by atoms with Gasteiger partial charge in [-0.05, 0) is 6.42 Å². The molecule has 0 spiro atoms. The summed E-state index contributed by atoms with van der Waals surface area (Å²) in [5, 5.41) is 0. The van der Waals surface area contributed by atoms with Crippen LogP contribution < -0.4 is 5.43 Å². The molecular formula is C12H16N2O3. The number of H-pyrrole nitrogens is 1. The van der Waals surface area contributed by atoms with Crippen molar-refractivity contribution in [1.29, 1.82) is 0 Å². The van der Waals surface area contributed by atoms with Gasteiger partial charge in [-0.3, -0.25) is 9.59 Å². The summed E-state index contributed by atoms with van der Waals surface area (Å²) in [6.07, 6.45) is 3.82. The predicted molar refractivity (Wildman–Crippen MR) is 63.0 cm³/mol. The SMILES string of the molecule is CCC1COCCN1C(=O)c1c[nH]ccc1=O. The molecule has 0 aliphatic carbocycles. The Hall–Kier alpha value is -1.62. The minimum Gasteiger partial charge on any atom is -0.377 e. The highest BCUT2D eigenvalue weighted by Crippen LogP contribution is 2.12. The average molecular weight is 236 g/mol. The summed E-state index contributed by atoms with van der Waals surface area (Å²) in [4.78, 5) is 28.3. The number of aromatic amines is 1. The molecule has 1 amide bonds. The Kier molecular flexibility index (Phi) is 3.58. The smallest absolute Gasteiger partial charge is 0.259 e. The highest BCUT2D eigenvalue weighted by molar-refractivity contribution is 5.94. The summed E-state index contributed by atoms with van der Waals surface area (Å²) in [5.41, 5.74) is -0.0389. The van der Waals surface area contributed by atoms with E-state index in [4.69, 9.17) is 4.74 Å². The first kappa shape index (κ1) is 11.9. The molecule has 1 atom stereocenters. The first-order valence-electron chi connectivity index (χ1n) is 5.80. The molecule has 5 nitrogen and oxygen atoms in total. The Morgan fingerprint density at radius 1 is 1.65 bits per heavy atom. The highest BCUT2D eigenvalue weighted by atomic mass is 16.5. The van der Waals surface area contributed by atoms with E-state index in [0.717, 1.165) is 6.42 Å². The second-order valence-electron chi connectivity index (χ2n) is 4.06. The van der Waals surface area contributed by atoms with Gasteiger partial charge in [0.25, 0.3) is 5.91 Å². The van der Waals surface area contributed by atoms with Crippen LogP contribution in [0.15, 0.2) is 23.3 Å². The quantitative estimate of drug-likeness (QED) is 0.819. The van der Waals surface area contributed by atoms with Crippen molar-refractivity contribution >= 4 is 5.91 Å². The number of hydrogen-bond acceptors (Lipinski definition) is 3. The number of carbonyl (C=O) groups is 1. The molecule has 2 heterocycles. The van der Waals surface area contributed by atoms with Gasteiger partial charge in [0.15, 0.2) is 5.43 Å². The van der Waals surface area contributed by atoms with E-state index in [2.05, 4.69) is 4.98 Å². The van der Waals surface area contributed by atoms with Crippen LogP contribution in [0.25, 0.3) is 0 Å². The number of ether oxygens (including phenoxy) is 1. The van der Waals surface area contributed by atoms with Gasteiger partial charge in [0, 0.05) is 25.0 Å². The second kappa shape index (κ2) is 5.14. The van der Waals surface area contributed by atoms with Gasteiger partial charge in [-0.25, -0.2) is 0 Å². The number of aromatic nitrogens is 1. The lowest BCUT2D eigenvalue weighted by atomic mass is 10.1. The average Bonchev–Trinajstić information content (AvgIpc) is 2.38. The Bertz CT molecular complexity index is 455. The van der Waals surface area contributed by atoms with Gasteiger partial charge in [-0.1, -0.05) is 6.92 Å². The molecule has 1 N–H and O–H groups in total. The highest BCUT2D eigenvalue weighted by Gasteiger charge is 2.27. The van der Waals surface area contributed by atoms with Crippen LogP contribution in [-0.4, -0.2) is 41.6 Å². The number of nitrogens with zero attached hydrogens (tertiary/aromatic N) is 1. The minimum absolute atomic E-state index is 0.0656. The van der Waals surface area contributed by atoms with E-state index >= 15 is 0 Å². The maximum atomic E-state index is 12.2. The Morgan fingerprint density at radius 3 is 3.18 bits per heavy atom. The molecule has 2 rings (SSSR count). The number of morpholine rings is 1. The summed E-state index contributed by atoms with van der Waals surface area (Å²) in [7, 11) is 0. The Balaban J connectivity index is 2.24. The number of amides is 1. The van der Waals surface area contributed by atoms with Crippen LogP contribution >= 0.6 is 0 Å². The third-order valence-corrected chi connectivity index (χ3v) is 3.01. The van der Waals surface area contributed by atoms with E-state index in [0.29, 0.717) is 19.8 Å². The van der Waals surface area contributed by atoms with Gasteiger partial charge < -0.3 is 14.6 Å². The fourth-order valence-corrected chi connectivity index (χ4v) is 2.00. The molecule has 1 saturated heterocycles. The van der Waals surface area contributed by atoms with Crippen LogP contribution in [0.5, 0.6) is 0 Å². The summed E-state index contributed by atoms with van der Waals surface area (Å²) in [6.45, 7) is 3.64. The van der Waals surface area contributed by atoms with E-state index in [1.165, 1.54) is 18.5 Å². The first-order valence-corrected chi connectivity index (χ1v) is 5.80. The number of carbonyl (C=O) groups excluding carboxylic acids is 1. The standard InChI is InChI=1S/C12H16N2O3/c1-2-9-8-17-6-5-14(9)12(16)10-7-13-4-3-11(10)15/h3-4,7,9H,2,5-6,8H2,1H3,(H,13,15). The normalized spacial score (nSPS) is 20.3. The van der Waals surface area contributed by atoms with Crippen LogP contribution in [0, 0.1) is 0 Å². The fourth-order valence-electron chi connectivity index (χ4n) is 2.00. The Morgan fingerprint density at radius 2 is 2.47 bits per heavy atom. The van der Waals surface area contributed by atoms with Crippen molar-refractivity contribution < 1.29 is 9.53 Å². The molecule has 1 aromatic heterocycles. The molecule has 1 aliphatic heterocycles. The van der Waals surface area contributed by atoms with Crippen LogP contribution in [0.1, 0.15) is 23.7 Å². The topological polar surface area (TPSA) is 62.4 Å². The maximum absolute atomic E-state index is 12.2. The van der Waals surface area contributed by atoms with E-state index < -0.39 is 0 Å². The molecule has 0 saturated carbocycles. The zero-order chi connectivity index (χ0) is 12.3. The van der Waals surface area contributed by atoms with E-state index in [9.17, 15) is 9.59 Å². The third-order valence-electron chi connectivity index (χ3n) is 3.01. The van der Waals surface area contributed by atoms with Gasteiger partial charge in [0.05, 0.1) is 19.3 Å². The van der Waals surface area contributed by atoms with E-state index in [-0.39, 0.29) is 22.9 Å². The van der Waals surface area contributed by atoms with Crippen molar-refractivity contribution in [2.45, 2.75) is 19.4 Å². The van der Waals surface area contributed by atoms with Gasteiger partial charge in [0.2, 0.25) is 0 Å². The van der Waals surface area contributed by atoms with Crippen LogP contribution in [-0.2, 0) is 4.74 Å². The number of hydrogen-bond donors (Lipinski definition) is 1. The molecule has 92 valence electrons. The summed E-state index contributed by atoms with van der Waals surface area (Å²) >= 11 is 0. The summed E-state index contributed by atoms with van der Waals surface area (Å²) in [6, 6.07) is 1.44. The minimum atomic E-state index is -0.241. The predicted octanol–water partition coefficient (Wildman–Crippen LogP) is 0.626. The molecule has 1 fully saturated rings. The van der Waals surface area contributed by atoms with Gasteiger partial charge >= 0.3 is 0 Å². The molecule has 0 bridgehead atoms. The zero-order valence-electron chi connectivity index (χ0n) is 9.81. The van der Waals surface area contributed by atoms with Crippen molar-refractivity contribution in [2.24, 2.45) is 0 Å². The molecule has 0 aromatic carbocycles. The van der Waals surface area contributed by atoms with Gasteiger partial charge in [-0.15, -0.1) is 0 Å². The van der Waals surface area contributed by atoms with Crippen molar-refractivity contribution in [3.63, 3.8) is 0 Å². The largest absolute Gasteiger partial charge is 0.377 e. The van der Waals surface area contributed by atoms with Crippen molar-refractivity contribution in [3.05, 3.63) is 34.2 Å². The van der Waals surface area contributed by atoms with Gasteiger partial charge in [-0.2, -0.15) is 0 Å². The second-order valence-corrected chi connectivity index (χ2v) is 4.06. The fraction of sp³-hybridized carbons (Fsp3) is 0.500. The lowest BCUT2D eigenvalue weighted by Gasteiger charge is -2.34. The maximum Gasteiger partial charge on any atom is 0.259 e. The van der Waals surface area contributed by atoms with Crippen LogP contribution in [0.4, 0.5) is 0 Å². The number of pyridine rings is 1. The lowest BCUT2D eigenvalue weighted by Crippen LogP contribution is -2.49. The zero-order valence-corrected chi connectivity index (χ0v) is 9.81. The number of rotatable bonds is 2. The van der Waals surface area contributed by atoms with Crippen LogP contribution in [0.3, 0.4) is 0 Å². The Labute approximate surface area is 99.4 Å². The molecule has 1 aromatic rings. The van der Waals surface area contributed by atoms with Crippen molar-refractivity contribution in [1.82, 2.24) is 9.88 Å². The van der Waals surface area contributed by atoms with E-state index in [1.54, 1.807) is 4.90 Å². The third kappa shape index (κ3) is 2.39. The van der Waals surface area contributed by atoms with E-state index in [1.807, 2.05) is 6.92 Å². The molecular weight excluding hydrogens is 220 g/mol. The molecule has 1 unspecified atom stereocenters. The summed E-state index contributed by atoms with van der Waals surface area (Å²) < 4.78 is 5.34. The first-order chi connectivity index (χ1) is 8.24. The molecule has 5 heteroatoms. The number of nitrogens with one attached hydrogen (secondary N) is 1. The van der Waals surface area contributed by atoms with Crippen LogP contribution in [0.2, 0.25) is 0 Å². The molecule has 0 radical (unpaired) electrons. The molecule has 17 heavy (non-hydrogen) atoms. The van der Waals surface area contributed by atoms with Crippen molar-refractivity contribution in [2.75, 3.05) is 19.8 Å². The van der Waals surface area contributed by atoms with Crippen molar-refractivity contribution in [3.8, 4) is 0 Å². The summed E-state index contributed by atoms with van der Waals surface area (Å²) in [5.74, 6) is -0.206. The van der Waals surface area contributed by atoms with Gasteiger partial charge in [0.1, 0.15) is 5.56 Å².